The number of hydrogen-bond donors (Lipinski definition) is 0. The number of aromatic nitrogens is 2. The Hall–Kier alpha value is -2.78. The monoisotopic (exact) mass is 341 g/mol. The van der Waals surface area contributed by atoms with Gasteiger partial charge in [0.1, 0.15) is 11.7 Å². The molecular weight excluding hydrogens is 324 g/mol. The maximum absolute atomic E-state index is 4.79. The second-order valence-electron chi connectivity index (χ2n) is 6.46. The summed E-state index contributed by atoms with van der Waals surface area (Å²) in [6, 6.07) is 19.3. The molecule has 5 aromatic rings. The Labute approximate surface area is 150 Å². The van der Waals surface area contributed by atoms with Gasteiger partial charge in [0, 0.05) is 28.4 Å². The molecule has 0 bridgehead atoms. The molecule has 0 aliphatic rings. The third-order valence-corrected chi connectivity index (χ3v) is 6.12. The second kappa shape index (κ2) is 5.36. The summed E-state index contributed by atoms with van der Waals surface area (Å²) in [7, 11) is 2.12. The van der Waals surface area contributed by atoms with Gasteiger partial charge in [-0.25, -0.2) is 0 Å². The molecule has 0 radical (unpaired) electrons. The van der Waals surface area contributed by atoms with Gasteiger partial charge in [0.25, 0.3) is 0 Å². The summed E-state index contributed by atoms with van der Waals surface area (Å²) in [6.07, 6.45) is 4.14. The number of hydrogen-bond acceptors (Lipinski definition) is 2. The maximum atomic E-state index is 4.79. The van der Waals surface area contributed by atoms with Gasteiger partial charge in [0.05, 0.1) is 15.8 Å². The van der Waals surface area contributed by atoms with E-state index in [1.165, 1.54) is 42.4 Å². The van der Waals surface area contributed by atoms with E-state index in [2.05, 4.69) is 79.3 Å². The van der Waals surface area contributed by atoms with Gasteiger partial charge in [-0.15, -0.1) is 11.3 Å². The minimum absolute atomic E-state index is 1.11. The zero-order chi connectivity index (χ0) is 17.0. The SMILES string of the molecule is Cc1ccccc1-c1c2sc3c4ccccc4cnc3c2cc[n+]1C. The highest BCUT2D eigenvalue weighted by Gasteiger charge is 2.21. The van der Waals surface area contributed by atoms with Crippen molar-refractivity contribution in [2.24, 2.45) is 7.05 Å². The average Bonchev–Trinajstić information content (AvgIpc) is 3.01. The van der Waals surface area contributed by atoms with Crippen LogP contribution in [0, 0.1) is 6.92 Å². The summed E-state index contributed by atoms with van der Waals surface area (Å²) in [4.78, 5) is 4.79. The molecule has 0 amide bonds. The molecule has 0 fully saturated rings. The molecule has 0 aliphatic heterocycles. The lowest BCUT2D eigenvalue weighted by Crippen LogP contribution is -2.30. The first-order valence-corrected chi connectivity index (χ1v) is 9.20. The van der Waals surface area contributed by atoms with E-state index in [0.717, 1.165) is 5.52 Å². The summed E-state index contributed by atoms with van der Waals surface area (Å²) < 4.78 is 4.80. The van der Waals surface area contributed by atoms with Crippen molar-refractivity contribution in [3.63, 3.8) is 0 Å². The van der Waals surface area contributed by atoms with Crippen molar-refractivity contribution >= 4 is 42.4 Å². The van der Waals surface area contributed by atoms with Crippen molar-refractivity contribution in [2.75, 3.05) is 0 Å². The first kappa shape index (κ1) is 14.6. The number of thiophene rings is 1. The standard InChI is InChI=1S/C22H17N2S/c1-14-7-3-5-9-16(14)20-22-18(11-12-24(20)2)19-21(25-22)17-10-6-4-8-15(17)13-23-19/h3-13H,1-2H3/q+1. The third-order valence-electron chi connectivity index (χ3n) is 4.89. The zero-order valence-corrected chi connectivity index (χ0v) is 15.0. The second-order valence-corrected chi connectivity index (χ2v) is 7.48. The molecule has 0 N–H and O–H groups in total. The van der Waals surface area contributed by atoms with E-state index in [1.807, 2.05) is 17.5 Å². The van der Waals surface area contributed by atoms with E-state index in [4.69, 9.17) is 4.98 Å². The van der Waals surface area contributed by atoms with Gasteiger partial charge in [-0.3, -0.25) is 4.98 Å². The van der Waals surface area contributed by atoms with Crippen LogP contribution in [0.4, 0.5) is 0 Å². The molecule has 5 rings (SSSR count). The van der Waals surface area contributed by atoms with Gasteiger partial charge >= 0.3 is 0 Å². The fourth-order valence-electron chi connectivity index (χ4n) is 3.60. The molecule has 3 aromatic heterocycles. The lowest BCUT2D eigenvalue weighted by molar-refractivity contribution is -0.659. The summed E-state index contributed by atoms with van der Waals surface area (Å²) in [5.41, 5.74) is 4.95. The number of benzene rings is 2. The predicted octanol–water partition coefficient (Wildman–Crippen LogP) is 5.40. The van der Waals surface area contributed by atoms with Gasteiger partial charge in [-0.2, -0.15) is 4.57 Å². The Kier molecular flexibility index (Phi) is 3.12. The number of aryl methyl sites for hydroxylation is 2. The molecule has 0 spiro atoms. The van der Waals surface area contributed by atoms with Crippen LogP contribution in [0.1, 0.15) is 5.56 Å². The van der Waals surface area contributed by atoms with Crippen molar-refractivity contribution in [1.82, 2.24) is 4.98 Å². The van der Waals surface area contributed by atoms with Crippen LogP contribution in [-0.4, -0.2) is 4.98 Å². The molecular formula is C22H17N2S+. The van der Waals surface area contributed by atoms with Crippen LogP contribution in [0.3, 0.4) is 0 Å². The largest absolute Gasteiger partial charge is 0.254 e. The number of fused-ring (bicyclic) bond motifs is 5. The van der Waals surface area contributed by atoms with Crippen molar-refractivity contribution in [1.29, 1.82) is 0 Å². The highest BCUT2D eigenvalue weighted by Crippen LogP contribution is 2.40. The van der Waals surface area contributed by atoms with Crippen LogP contribution in [0.2, 0.25) is 0 Å². The minimum Gasteiger partial charge on any atom is -0.254 e. The van der Waals surface area contributed by atoms with Gasteiger partial charge in [0.15, 0.2) is 6.20 Å². The molecule has 2 aromatic carbocycles. The molecule has 120 valence electrons. The molecule has 3 heteroatoms. The minimum atomic E-state index is 1.11. The Bertz CT molecular complexity index is 1270. The van der Waals surface area contributed by atoms with Crippen LogP contribution < -0.4 is 4.57 Å². The Morgan fingerprint density at radius 3 is 2.56 bits per heavy atom. The van der Waals surface area contributed by atoms with E-state index >= 15 is 0 Å². The van der Waals surface area contributed by atoms with E-state index in [-0.39, 0.29) is 0 Å². The zero-order valence-electron chi connectivity index (χ0n) is 14.2. The lowest BCUT2D eigenvalue weighted by Gasteiger charge is -2.04. The van der Waals surface area contributed by atoms with Crippen molar-refractivity contribution in [2.45, 2.75) is 6.92 Å². The lowest BCUT2D eigenvalue weighted by atomic mass is 10.0. The average molecular weight is 341 g/mol. The quantitative estimate of drug-likeness (QED) is 0.373. The van der Waals surface area contributed by atoms with Gasteiger partial charge in [-0.05, 0) is 18.6 Å². The fourth-order valence-corrected chi connectivity index (χ4v) is 4.98. The Morgan fingerprint density at radius 2 is 1.68 bits per heavy atom. The highest BCUT2D eigenvalue weighted by molar-refractivity contribution is 7.27. The molecule has 0 saturated heterocycles. The Morgan fingerprint density at radius 1 is 0.880 bits per heavy atom. The molecule has 0 saturated carbocycles. The normalized spacial score (nSPS) is 11.6. The van der Waals surface area contributed by atoms with Crippen LogP contribution >= 0.6 is 11.3 Å². The van der Waals surface area contributed by atoms with Crippen molar-refractivity contribution in [3.8, 4) is 11.3 Å². The predicted molar refractivity (Wildman–Crippen MR) is 106 cm³/mol. The first-order valence-electron chi connectivity index (χ1n) is 8.38. The number of nitrogens with zero attached hydrogens (tertiary/aromatic N) is 2. The van der Waals surface area contributed by atoms with Crippen LogP contribution in [0.25, 0.3) is 42.3 Å². The van der Waals surface area contributed by atoms with Crippen LogP contribution in [-0.2, 0) is 7.05 Å². The summed E-state index contributed by atoms with van der Waals surface area (Å²) in [5.74, 6) is 0. The van der Waals surface area contributed by atoms with Gasteiger partial charge in [0.2, 0.25) is 5.69 Å². The third kappa shape index (κ3) is 2.09. The van der Waals surface area contributed by atoms with Gasteiger partial charge < -0.3 is 0 Å². The highest BCUT2D eigenvalue weighted by atomic mass is 32.1. The smallest absolute Gasteiger partial charge is 0.230 e. The van der Waals surface area contributed by atoms with Crippen LogP contribution in [0.5, 0.6) is 0 Å². The molecule has 0 atom stereocenters. The number of pyridine rings is 2. The van der Waals surface area contributed by atoms with E-state index in [1.54, 1.807) is 0 Å². The molecule has 3 heterocycles. The topological polar surface area (TPSA) is 16.8 Å². The van der Waals surface area contributed by atoms with E-state index in [0.29, 0.717) is 0 Å². The summed E-state index contributed by atoms with van der Waals surface area (Å²) in [6.45, 7) is 2.18. The first-order chi connectivity index (χ1) is 12.2. The maximum Gasteiger partial charge on any atom is 0.230 e. The van der Waals surface area contributed by atoms with Crippen molar-refractivity contribution in [3.05, 3.63) is 72.6 Å². The van der Waals surface area contributed by atoms with Crippen molar-refractivity contribution < 1.29 is 4.57 Å². The van der Waals surface area contributed by atoms with E-state index < -0.39 is 0 Å². The molecule has 25 heavy (non-hydrogen) atoms. The Balaban J connectivity index is 1.98. The number of rotatable bonds is 1. The molecule has 0 aliphatic carbocycles. The molecule has 0 unspecified atom stereocenters. The van der Waals surface area contributed by atoms with Gasteiger partial charge in [-0.1, -0.05) is 42.5 Å². The fraction of sp³-hybridized carbons (Fsp3) is 0.0909. The van der Waals surface area contributed by atoms with Crippen LogP contribution in [0.15, 0.2) is 67.0 Å². The summed E-state index contributed by atoms with van der Waals surface area (Å²) in [5, 5.41) is 3.72. The molecule has 2 nitrogen and oxygen atoms in total. The summed E-state index contributed by atoms with van der Waals surface area (Å²) >= 11 is 1.85. The van der Waals surface area contributed by atoms with E-state index in [9.17, 15) is 0 Å².